The molecule has 1 aromatic rings. The second-order valence-corrected chi connectivity index (χ2v) is 4.13. The van der Waals surface area contributed by atoms with Crippen LogP contribution in [0.3, 0.4) is 0 Å². The molecule has 0 unspecified atom stereocenters. The number of rotatable bonds is 2. The van der Waals surface area contributed by atoms with Crippen molar-refractivity contribution >= 4 is 29.2 Å². The lowest BCUT2D eigenvalue weighted by Gasteiger charge is -2.31. The van der Waals surface area contributed by atoms with Crippen LogP contribution in [0.2, 0.25) is 5.02 Å². The van der Waals surface area contributed by atoms with Gasteiger partial charge in [0.15, 0.2) is 6.10 Å². The summed E-state index contributed by atoms with van der Waals surface area (Å²) >= 11 is 5.81. The van der Waals surface area contributed by atoms with Gasteiger partial charge in [-0.25, -0.2) is 0 Å². The number of benzene rings is 1. The molecule has 0 spiro atoms. The first-order chi connectivity index (χ1) is 7.99. The molecule has 5 nitrogen and oxygen atoms in total. The molecule has 0 bridgehead atoms. The Morgan fingerprint density at radius 2 is 2.29 bits per heavy atom. The zero-order valence-corrected chi connectivity index (χ0v) is 9.77. The summed E-state index contributed by atoms with van der Waals surface area (Å²) in [7, 11) is 0. The number of carboxylic acids is 1. The zero-order chi connectivity index (χ0) is 12.6. The van der Waals surface area contributed by atoms with Crippen LogP contribution in [0.1, 0.15) is 6.92 Å². The average Bonchev–Trinajstić information content (AvgIpc) is 2.24. The van der Waals surface area contributed by atoms with Gasteiger partial charge in [-0.05, 0) is 19.1 Å². The molecule has 17 heavy (non-hydrogen) atoms. The number of amides is 1. The molecule has 0 fully saturated rings. The lowest BCUT2D eigenvalue weighted by Crippen LogP contribution is -2.46. The van der Waals surface area contributed by atoms with Crippen molar-refractivity contribution in [1.29, 1.82) is 0 Å². The van der Waals surface area contributed by atoms with E-state index in [1.807, 2.05) is 0 Å². The van der Waals surface area contributed by atoms with E-state index in [2.05, 4.69) is 0 Å². The van der Waals surface area contributed by atoms with Crippen molar-refractivity contribution in [3.8, 4) is 5.75 Å². The molecule has 0 aliphatic carbocycles. The highest BCUT2D eigenvalue weighted by Crippen LogP contribution is 2.35. The number of hydrogen-bond acceptors (Lipinski definition) is 3. The fourth-order valence-electron chi connectivity index (χ4n) is 1.68. The maximum atomic E-state index is 11.8. The van der Waals surface area contributed by atoms with Crippen LogP contribution in [-0.2, 0) is 9.59 Å². The highest BCUT2D eigenvalue weighted by molar-refractivity contribution is 6.31. The molecule has 1 amide bonds. The maximum Gasteiger partial charge on any atom is 0.323 e. The van der Waals surface area contributed by atoms with E-state index >= 15 is 0 Å². The molecule has 1 aliphatic heterocycles. The topological polar surface area (TPSA) is 66.8 Å². The van der Waals surface area contributed by atoms with Crippen LogP contribution >= 0.6 is 11.6 Å². The molecule has 0 aromatic heterocycles. The molecular weight excluding hydrogens is 246 g/mol. The highest BCUT2D eigenvalue weighted by atomic mass is 35.5. The van der Waals surface area contributed by atoms with Gasteiger partial charge in [0, 0.05) is 11.1 Å². The van der Waals surface area contributed by atoms with Gasteiger partial charge >= 0.3 is 5.97 Å². The minimum Gasteiger partial charge on any atom is -0.480 e. The first kappa shape index (κ1) is 11.7. The molecule has 0 radical (unpaired) electrons. The second kappa shape index (κ2) is 4.25. The van der Waals surface area contributed by atoms with Crippen LogP contribution < -0.4 is 9.64 Å². The molecule has 2 rings (SSSR count). The Hall–Kier alpha value is -1.75. The minimum absolute atomic E-state index is 0.373. The molecule has 1 atom stereocenters. The van der Waals surface area contributed by atoms with Crippen LogP contribution in [0, 0.1) is 0 Å². The number of carbonyl (C=O) groups is 2. The summed E-state index contributed by atoms with van der Waals surface area (Å²) in [6.07, 6.45) is -0.708. The van der Waals surface area contributed by atoms with Gasteiger partial charge in [-0.15, -0.1) is 0 Å². The Balaban J connectivity index is 2.45. The maximum absolute atomic E-state index is 11.8. The zero-order valence-electron chi connectivity index (χ0n) is 9.01. The van der Waals surface area contributed by atoms with E-state index in [1.54, 1.807) is 25.1 Å². The fraction of sp³-hybridized carbons (Fsp3) is 0.273. The van der Waals surface area contributed by atoms with Crippen LogP contribution in [-0.4, -0.2) is 29.6 Å². The second-order valence-electron chi connectivity index (χ2n) is 3.69. The third-order valence-electron chi connectivity index (χ3n) is 2.42. The van der Waals surface area contributed by atoms with Gasteiger partial charge in [-0.2, -0.15) is 0 Å². The number of ether oxygens (including phenoxy) is 1. The smallest absolute Gasteiger partial charge is 0.323 e. The predicted octanol–water partition coefficient (Wildman–Crippen LogP) is 1.54. The monoisotopic (exact) mass is 255 g/mol. The molecule has 1 aliphatic rings. The third-order valence-corrected chi connectivity index (χ3v) is 2.66. The van der Waals surface area contributed by atoms with E-state index in [-0.39, 0.29) is 12.5 Å². The first-order valence-corrected chi connectivity index (χ1v) is 5.36. The number of hydrogen-bond donors (Lipinski definition) is 1. The number of nitrogens with zero attached hydrogens (tertiary/aromatic N) is 1. The summed E-state index contributed by atoms with van der Waals surface area (Å²) in [4.78, 5) is 23.7. The van der Waals surface area contributed by atoms with Crippen molar-refractivity contribution in [2.24, 2.45) is 0 Å². The van der Waals surface area contributed by atoms with Gasteiger partial charge in [0.1, 0.15) is 12.3 Å². The van der Waals surface area contributed by atoms with E-state index in [9.17, 15) is 9.59 Å². The van der Waals surface area contributed by atoms with Gasteiger partial charge in [-0.3, -0.25) is 14.5 Å². The average molecular weight is 256 g/mol. The van der Waals surface area contributed by atoms with Crippen LogP contribution in [0.4, 0.5) is 5.69 Å². The van der Waals surface area contributed by atoms with Crippen molar-refractivity contribution in [2.45, 2.75) is 13.0 Å². The molecular formula is C11H10ClNO4. The van der Waals surface area contributed by atoms with E-state index in [0.717, 1.165) is 0 Å². The lowest BCUT2D eigenvalue weighted by atomic mass is 10.2. The summed E-state index contributed by atoms with van der Waals surface area (Å²) in [5.74, 6) is -1.03. The van der Waals surface area contributed by atoms with Crippen LogP contribution in [0.25, 0.3) is 0 Å². The standard InChI is InChI=1S/C11H10ClNO4/c1-6-11(16)13(5-10(14)15)8-3-2-7(12)4-9(8)17-6/h2-4,6H,5H2,1H3,(H,14,15)/t6-/m1/s1. The number of carbonyl (C=O) groups excluding carboxylic acids is 1. The Morgan fingerprint density at radius 1 is 1.59 bits per heavy atom. The molecule has 1 aromatic carbocycles. The third kappa shape index (κ3) is 2.19. The number of carboxylic acid groups (broad SMARTS) is 1. The molecule has 1 N–H and O–H groups in total. The molecule has 1 heterocycles. The Morgan fingerprint density at radius 3 is 2.94 bits per heavy atom. The number of aliphatic carboxylic acids is 1. The van der Waals surface area contributed by atoms with Crippen molar-refractivity contribution in [1.82, 2.24) is 0 Å². The van der Waals surface area contributed by atoms with E-state index < -0.39 is 12.1 Å². The highest BCUT2D eigenvalue weighted by Gasteiger charge is 2.32. The molecule has 0 saturated heterocycles. The van der Waals surface area contributed by atoms with Gasteiger partial charge in [0.2, 0.25) is 0 Å². The van der Waals surface area contributed by atoms with Crippen LogP contribution in [0.5, 0.6) is 5.75 Å². The normalized spacial score (nSPS) is 18.6. The van der Waals surface area contributed by atoms with Crippen molar-refractivity contribution < 1.29 is 19.4 Å². The Labute approximate surface area is 103 Å². The summed E-state index contributed by atoms with van der Waals surface area (Å²) in [6, 6.07) is 4.72. The quantitative estimate of drug-likeness (QED) is 0.870. The van der Waals surface area contributed by atoms with Crippen LogP contribution in [0.15, 0.2) is 18.2 Å². The number of halogens is 1. The fourth-order valence-corrected chi connectivity index (χ4v) is 1.84. The van der Waals surface area contributed by atoms with E-state index in [0.29, 0.717) is 16.5 Å². The first-order valence-electron chi connectivity index (χ1n) is 4.98. The summed E-state index contributed by atoms with van der Waals surface area (Å²) in [5.41, 5.74) is 0.430. The van der Waals surface area contributed by atoms with Gasteiger partial charge in [0.05, 0.1) is 5.69 Å². The van der Waals surface area contributed by atoms with E-state index in [1.165, 1.54) is 4.90 Å². The lowest BCUT2D eigenvalue weighted by molar-refractivity contribution is -0.137. The van der Waals surface area contributed by atoms with Gasteiger partial charge < -0.3 is 9.84 Å². The Kier molecular flexibility index (Phi) is 2.93. The summed E-state index contributed by atoms with van der Waals surface area (Å²) in [6.45, 7) is 1.18. The largest absolute Gasteiger partial charge is 0.480 e. The predicted molar refractivity (Wildman–Crippen MR) is 61.5 cm³/mol. The van der Waals surface area contributed by atoms with Crippen molar-refractivity contribution in [3.63, 3.8) is 0 Å². The molecule has 90 valence electrons. The minimum atomic E-state index is -1.08. The molecule has 0 saturated carbocycles. The summed E-state index contributed by atoms with van der Waals surface area (Å²) < 4.78 is 5.37. The van der Waals surface area contributed by atoms with E-state index in [4.69, 9.17) is 21.4 Å². The Bertz CT molecular complexity index is 488. The molecule has 6 heteroatoms. The SMILES string of the molecule is C[C@H]1Oc2cc(Cl)ccc2N(CC(=O)O)C1=O. The van der Waals surface area contributed by atoms with Gasteiger partial charge in [0.25, 0.3) is 5.91 Å². The van der Waals surface area contributed by atoms with Crippen molar-refractivity contribution in [2.75, 3.05) is 11.4 Å². The number of fused-ring (bicyclic) bond motifs is 1. The number of anilines is 1. The summed E-state index contributed by atoms with van der Waals surface area (Å²) in [5, 5.41) is 9.26. The van der Waals surface area contributed by atoms with Crippen molar-refractivity contribution in [3.05, 3.63) is 23.2 Å². The van der Waals surface area contributed by atoms with Gasteiger partial charge in [-0.1, -0.05) is 11.6 Å².